The Morgan fingerprint density at radius 3 is 2.47 bits per heavy atom. The van der Waals surface area contributed by atoms with Crippen LogP contribution >= 0.6 is 0 Å². The Morgan fingerprint density at radius 2 is 2.00 bits per heavy atom. The van der Waals surface area contributed by atoms with Crippen LogP contribution in [0.15, 0.2) is 15.8 Å². The van der Waals surface area contributed by atoms with Gasteiger partial charge in [-0.05, 0) is 12.8 Å². The molecule has 1 rings (SSSR count). The van der Waals surface area contributed by atoms with E-state index in [0.717, 1.165) is 0 Å². The molecule has 1 aromatic rings. The molecule has 0 aliphatic rings. The first kappa shape index (κ1) is 11.2. The maximum absolute atomic E-state index is 11.5. The minimum atomic E-state index is -0.630. The minimum Gasteiger partial charge on any atom is -0.296 e. The van der Waals surface area contributed by atoms with Gasteiger partial charge >= 0.3 is 5.69 Å². The van der Waals surface area contributed by atoms with Crippen molar-refractivity contribution in [2.45, 2.75) is 26.8 Å². The van der Waals surface area contributed by atoms with Crippen LogP contribution in [0, 0.1) is 17.2 Å². The number of nitriles is 1. The summed E-state index contributed by atoms with van der Waals surface area (Å²) in [5.74, 6) is 0.250. The fourth-order valence-corrected chi connectivity index (χ4v) is 1.19. The molecule has 0 fully saturated rings. The fraction of sp³-hybridized carbons (Fsp3) is 0.500. The van der Waals surface area contributed by atoms with E-state index in [1.165, 1.54) is 10.8 Å². The Bertz CT molecular complexity index is 505. The van der Waals surface area contributed by atoms with Crippen molar-refractivity contribution in [1.82, 2.24) is 9.55 Å². The smallest absolute Gasteiger partial charge is 0.296 e. The molecule has 0 saturated carbocycles. The normalized spacial score (nSPS) is 12.5. The molecule has 5 nitrogen and oxygen atoms in total. The molecule has 5 heteroatoms. The first-order valence-corrected chi connectivity index (χ1v) is 4.73. The van der Waals surface area contributed by atoms with E-state index >= 15 is 0 Å². The summed E-state index contributed by atoms with van der Waals surface area (Å²) in [5.41, 5.74) is -1.14. The molecular weight excluding hydrogens is 194 g/mol. The molecule has 80 valence electrons. The van der Waals surface area contributed by atoms with Gasteiger partial charge in [0, 0.05) is 12.2 Å². The van der Waals surface area contributed by atoms with Crippen LogP contribution in [0.1, 0.15) is 32.4 Å². The molecule has 0 amide bonds. The molecule has 1 N–H and O–H groups in total. The summed E-state index contributed by atoms with van der Waals surface area (Å²) in [6.07, 6.45) is 1.31. The highest BCUT2D eigenvalue weighted by Gasteiger charge is 2.12. The van der Waals surface area contributed by atoms with Crippen molar-refractivity contribution < 1.29 is 0 Å². The third-order valence-corrected chi connectivity index (χ3v) is 2.49. The Labute approximate surface area is 87.0 Å². The van der Waals surface area contributed by atoms with Gasteiger partial charge in [0.2, 0.25) is 0 Å². The van der Waals surface area contributed by atoms with Crippen molar-refractivity contribution in [2.75, 3.05) is 0 Å². The standard InChI is InChI=1S/C10H13N3O2/c1-6(2)7(3)13-5-8(4-11)9(14)12-10(13)15/h5-7H,1-3H3,(H,12,14,15). The van der Waals surface area contributed by atoms with Gasteiger partial charge in [0.1, 0.15) is 11.6 Å². The number of aromatic nitrogens is 2. The van der Waals surface area contributed by atoms with Crippen molar-refractivity contribution in [3.05, 3.63) is 32.6 Å². The zero-order valence-electron chi connectivity index (χ0n) is 8.94. The lowest BCUT2D eigenvalue weighted by atomic mass is 10.1. The van der Waals surface area contributed by atoms with Crippen LogP contribution in [-0.4, -0.2) is 9.55 Å². The van der Waals surface area contributed by atoms with Crippen LogP contribution < -0.4 is 11.2 Å². The van der Waals surface area contributed by atoms with Gasteiger partial charge in [-0.1, -0.05) is 13.8 Å². The number of nitrogens with zero attached hydrogens (tertiary/aromatic N) is 2. The third kappa shape index (κ3) is 2.15. The van der Waals surface area contributed by atoms with Gasteiger partial charge in [-0.3, -0.25) is 14.3 Å². The molecule has 0 radical (unpaired) electrons. The lowest BCUT2D eigenvalue weighted by molar-refractivity contribution is 0.391. The molecule has 1 atom stereocenters. The molecule has 0 aliphatic carbocycles. The summed E-state index contributed by atoms with van der Waals surface area (Å²) in [4.78, 5) is 24.7. The van der Waals surface area contributed by atoms with Gasteiger partial charge in [-0.15, -0.1) is 0 Å². The van der Waals surface area contributed by atoms with Crippen LogP contribution in [0.4, 0.5) is 0 Å². The summed E-state index contributed by atoms with van der Waals surface area (Å²) >= 11 is 0. The van der Waals surface area contributed by atoms with E-state index in [-0.39, 0.29) is 17.5 Å². The summed E-state index contributed by atoms with van der Waals surface area (Å²) < 4.78 is 1.38. The van der Waals surface area contributed by atoms with E-state index in [2.05, 4.69) is 4.98 Å². The quantitative estimate of drug-likeness (QED) is 0.772. The molecule has 1 heterocycles. The van der Waals surface area contributed by atoms with Gasteiger partial charge in [0.25, 0.3) is 5.56 Å². The number of H-pyrrole nitrogens is 1. The van der Waals surface area contributed by atoms with E-state index in [1.54, 1.807) is 6.07 Å². The highest BCUT2D eigenvalue weighted by atomic mass is 16.2. The van der Waals surface area contributed by atoms with Crippen molar-refractivity contribution in [2.24, 2.45) is 5.92 Å². The molecule has 1 unspecified atom stereocenters. The van der Waals surface area contributed by atoms with E-state index in [4.69, 9.17) is 5.26 Å². The van der Waals surface area contributed by atoms with E-state index in [9.17, 15) is 9.59 Å². The Balaban J connectivity index is 3.39. The number of hydrogen-bond acceptors (Lipinski definition) is 3. The highest BCUT2D eigenvalue weighted by molar-refractivity contribution is 5.21. The van der Waals surface area contributed by atoms with Gasteiger partial charge in [0.05, 0.1) is 0 Å². The third-order valence-electron chi connectivity index (χ3n) is 2.49. The number of aromatic amines is 1. The topological polar surface area (TPSA) is 78.7 Å². The average Bonchev–Trinajstić information content (AvgIpc) is 2.17. The highest BCUT2D eigenvalue weighted by Crippen LogP contribution is 2.13. The van der Waals surface area contributed by atoms with Gasteiger partial charge in [0.15, 0.2) is 0 Å². The van der Waals surface area contributed by atoms with Crippen molar-refractivity contribution in [1.29, 1.82) is 5.26 Å². The first-order chi connectivity index (χ1) is 6.97. The van der Waals surface area contributed by atoms with Gasteiger partial charge < -0.3 is 0 Å². The maximum Gasteiger partial charge on any atom is 0.328 e. The number of rotatable bonds is 2. The fourth-order valence-electron chi connectivity index (χ4n) is 1.19. The SMILES string of the molecule is CC(C)C(C)n1cc(C#N)c(=O)[nH]c1=O. The van der Waals surface area contributed by atoms with Crippen molar-refractivity contribution >= 4 is 0 Å². The Kier molecular flexibility index (Phi) is 3.10. The second-order valence-electron chi connectivity index (χ2n) is 3.81. The predicted octanol–water partition coefficient (Wildman–Crippen LogP) is 0.625. The van der Waals surface area contributed by atoms with Crippen LogP contribution in [0.25, 0.3) is 0 Å². The summed E-state index contributed by atoms with van der Waals surface area (Å²) in [6.45, 7) is 5.80. The average molecular weight is 207 g/mol. The predicted molar refractivity (Wildman–Crippen MR) is 55.6 cm³/mol. The van der Waals surface area contributed by atoms with Crippen molar-refractivity contribution in [3.8, 4) is 6.07 Å². The molecule has 0 bridgehead atoms. The first-order valence-electron chi connectivity index (χ1n) is 4.73. The molecule has 15 heavy (non-hydrogen) atoms. The summed E-state index contributed by atoms with van der Waals surface area (Å²) in [6, 6.07) is 1.70. The van der Waals surface area contributed by atoms with Crippen LogP contribution in [0.2, 0.25) is 0 Å². The van der Waals surface area contributed by atoms with Crippen LogP contribution in [0.3, 0.4) is 0 Å². The summed E-state index contributed by atoms with van der Waals surface area (Å²) in [7, 11) is 0. The summed E-state index contributed by atoms with van der Waals surface area (Å²) in [5, 5.41) is 8.67. The minimum absolute atomic E-state index is 0.0397. The lowest BCUT2D eigenvalue weighted by Gasteiger charge is -2.17. The van der Waals surface area contributed by atoms with E-state index in [1.807, 2.05) is 20.8 Å². The molecule has 0 saturated heterocycles. The number of hydrogen-bond donors (Lipinski definition) is 1. The lowest BCUT2D eigenvalue weighted by Crippen LogP contribution is -2.34. The van der Waals surface area contributed by atoms with Crippen LogP contribution in [0.5, 0.6) is 0 Å². The second-order valence-corrected chi connectivity index (χ2v) is 3.81. The molecule has 1 aromatic heterocycles. The largest absolute Gasteiger partial charge is 0.328 e. The van der Waals surface area contributed by atoms with E-state index < -0.39 is 11.2 Å². The zero-order chi connectivity index (χ0) is 11.6. The second kappa shape index (κ2) is 4.13. The monoisotopic (exact) mass is 207 g/mol. The molecule has 0 spiro atoms. The Morgan fingerprint density at radius 1 is 1.40 bits per heavy atom. The maximum atomic E-state index is 11.5. The zero-order valence-corrected chi connectivity index (χ0v) is 8.94. The molecule has 0 aromatic carbocycles. The van der Waals surface area contributed by atoms with Gasteiger partial charge in [-0.25, -0.2) is 4.79 Å². The molecule has 0 aliphatic heterocycles. The van der Waals surface area contributed by atoms with Crippen molar-refractivity contribution in [3.63, 3.8) is 0 Å². The van der Waals surface area contributed by atoms with E-state index in [0.29, 0.717) is 0 Å². The number of nitrogens with one attached hydrogen (secondary N) is 1. The molecular formula is C10H13N3O2. The Hall–Kier alpha value is -1.83. The van der Waals surface area contributed by atoms with Crippen LogP contribution in [-0.2, 0) is 0 Å². The van der Waals surface area contributed by atoms with Gasteiger partial charge in [-0.2, -0.15) is 5.26 Å².